The third-order valence-corrected chi connectivity index (χ3v) is 4.55. The Kier molecular flexibility index (Phi) is 7.41. The number of nitrogens with zero attached hydrogens (tertiary/aromatic N) is 1. The first-order valence-electron chi connectivity index (χ1n) is 7.58. The predicted molar refractivity (Wildman–Crippen MR) is 84.8 cm³/mol. The van der Waals surface area contributed by atoms with E-state index in [-0.39, 0.29) is 29.8 Å². The fraction of sp³-hybridized carbons (Fsp3) is 0.867. The highest BCUT2D eigenvalue weighted by Crippen LogP contribution is 2.16. The van der Waals surface area contributed by atoms with E-state index in [0.29, 0.717) is 6.54 Å². The van der Waals surface area contributed by atoms with Crippen LogP contribution in [0.4, 0.5) is 0 Å². The molecule has 1 heterocycles. The Morgan fingerprint density at radius 1 is 1.20 bits per heavy atom. The Morgan fingerprint density at radius 2 is 1.85 bits per heavy atom. The lowest BCUT2D eigenvalue weighted by Crippen LogP contribution is -2.63. The number of carbonyl (C=O) groups is 2. The summed E-state index contributed by atoms with van der Waals surface area (Å²) in [4.78, 5) is 26.1. The molecule has 0 aromatic heterocycles. The second-order valence-corrected chi connectivity index (χ2v) is 6.83. The molecule has 0 aromatic carbocycles. The molecule has 1 saturated heterocycles. The Bertz CT molecular complexity index is 334. The van der Waals surface area contributed by atoms with Crippen LogP contribution in [-0.2, 0) is 9.59 Å². The minimum atomic E-state index is -0.352. The van der Waals surface area contributed by atoms with Gasteiger partial charge in [0.05, 0.1) is 0 Å². The molecule has 5 heteroatoms. The molecule has 116 valence electrons. The summed E-state index contributed by atoms with van der Waals surface area (Å²) in [7, 11) is 0. The van der Waals surface area contributed by atoms with E-state index in [1.54, 1.807) is 4.90 Å². The molecule has 1 aliphatic heterocycles. The largest absolute Gasteiger partial charge is 0.342 e. The zero-order valence-corrected chi connectivity index (χ0v) is 14.0. The molecule has 20 heavy (non-hydrogen) atoms. The molecule has 0 saturated carbocycles. The molecule has 1 aliphatic rings. The molecule has 0 aromatic rings. The third kappa shape index (κ3) is 4.69. The monoisotopic (exact) mass is 300 g/mol. The summed E-state index contributed by atoms with van der Waals surface area (Å²) in [5, 5.41) is 2.83. The van der Waals surface area contributed by atoms with Crippen LogP contribution in [0, 0.1) is 5.92 Å². The van der Waals surface area contributed by atoms with Crippen molar-refractivity contribution in [3.05, 3.63) is 0 Å². The fourth-order valence-corrected chi connectivity index (χ4v) is 2.98. The predicted octanol–water partition coefficient (Wildman–Crippen LogP) is 2.28. The minimum Gasteiger partial charge on any atom is -0.342 e. The number of piperazine rings is 1. The summed E-state index contributed by atoms with van der Waals surface area (Å²) >= 11 is 1.87. The van der Waals surface area contributed by atoms with Crippen molar-refractivity contribution in [2.75, 3.05) is 18.6 Å². The Morgan fingerprint density at radius 3 is 2.45 bits per heavy atom. The highest BCUT2D eigenvalue weighted by atomic mass is 32.2. The van der Waals surface area contributed by atoms with Gasteiger partial charge in [0.1, 0.15) is 12.1 Å². The molecular formula is C15H28N2O2S. The summed E-state index contributed by atoms with van der Waals surface area (Å²) in [5.74, 6) is 1.40. The lowest BCUT2D eigenvalue weighted by Gasteiger charge is -2.38. The normalized spacial score (nSPS) is 23.4. The van der Waals surface area contributed by atoms with Crippen molar-refractivity contribution in [2.24, 2.45) is 5.92 Å². The van der Waals surface area contributed by atoms with Crippen LogP contribution >= 0.6 is 11.8 Å². The molecule has 2 atom stereocenters. The number of rotatable bonds is 8. The average Bonchev–Trinajstić information content (AvgIpc) is 2.40. The number of nitrogens with one attached hydrogen (secondary N) is 1. The lowest BCUT2D eigenvalue weighted by atomic mass is 9.98. The molecule has 1 rings (SSSR count). The first kappa shape index (κ1) is 17.3. The van der Waals surface area contributed by atoms with E-state index in [1.807, 2.05) is 32.5 Å². The van der Waals surface area contributed by atoms with Gasteiger partial charge in [0.2, 0.25) is 11.8 Å². The van der Waals surface area contributed by atoms with E-state index in [1.165, 1.54) is 18.6 Å². The van der Waals surface area contributed by atoms with E-state index in [2.05, 4.69) is 11.6 Å². The second-order valence-electron chi connectivity index (χ2n) is 5.84. The van der Waals surface area contributed by atoms with E-state index >= 15 is 0 Å². The summed E-state index contributed by atoms with van der Waals surface area (Å²) in [6.45, 7) is 6.46. The van der Waals surface area contributed by atoms with Crippen LogP contribution in [0.2, 0.25) is 0 Å². The smallest absolute Gasteiger partial charge is 0.246 e. The highest BCUT2D eigenvalue weighted by Gasteiger charge is 2.38. The standard InChI is InChI=1S/C15H28N2O2S/c1-11(2)13-15(19)17(12(3)14(18)16-13)9-7-5-6-8-10-20-4/h11-13H,5-10H2,1-4H3,(H,16,18). The number of hydrogen-bond acceptors (Lipinski definition) is 3. The van der Waals surface area contributed by atoms with Gasteiger partial charge in [-0.3, -0.25) is 9.59 Å². The van der Waals surface area contributed by atoms with Crippen LogP contribution in [0.25, 0.3) is 0 Å². The van der Waals surface area contributed by atoms with Crippen molar-refractivity contribution in [2.45, 2.75) is 58.5 Å². The summed E-state index contributed by atoms with van der Waals surface area (Å²) in [6.07, 6.45) is 6.68. The molecule has 2 unspecified atom stereocenters. The minimum absolute atomic E-state index is 0.0225. The molecule has 0 aliphatic carbocycles. The lowest BCUT2D eigenvalue weighted by molar-refractivity contribution is -0.149. The van der Waals surface area contributed by atoms with E-state index < -0.39 is 0 Å². The number of hydrogen-bond donors (Lipinski definition) is 1. The van der Waals surface area contributed by atoms with Gasteiger partial charge in [-0.2, -0.15) is 11.8 Å². The highest BCUT2D eigenvalue weighted by molar-refractivity contribution is 7.98. The van der Waals surface area contributed by atoms with E-state index in [0.717, 1.165) is 12.8 Å². The summed E-state index contributed by atoms with van der Waals surface area (Å²) in [6, 6.07) is -0.682. The Balaban J connectivity index is 2.44. The molecule has 4 nitrogen and oxygen atoms in total. The topological polar surface area (TPSA) is 49.4 Å². The molecule has 0 bridgehead atoms. The number of unbranched alkanes of at least 4 members (excludes halogenated alkanes) is 3. The van der Waals surface area contributed by atoms with Crippen molar-refractivity contribution in [1.82, 2.24) is 10.2 Å². The maximum Gasteiger partial charge on any atom is 0.246 e. The Labute approximate surface area is 127 Å². The first-order chi connectivity index (χ1) is 9.49. The summed E-state index contributed by atoms with van der Waals surface area (Å²) in [5.41, 5.74) is 0. The molecule has 1 N–H and O–H groups in total. The van der Waals surface area contributed by atoms with Crippen molar-refractivity contribution in [3.8, 4) is 0 Å². The number of thioether (sulfide) groups is 1. The SMILES string of the molecule is CSCCCCCCN1C(=O)C(C(C)C)NC(=O)C1C. The molecule has 0 spiro atoms. The maximum atomic E-state index is 12.4. The first-order valence-corrected chi connectivity index (χ1v) is 8.98. The van der Waals surface area contributed by atoms with Gasteiger partial charge in [-0.1, -0.05) is 26.7 Å². The fourth-order valence-electron chi connectivity index (χ4n) is 2.48. The zero-order valence-electron chi connectivity index (χ0n) is 13.1. The van der Waals surface area contributed by atoms with Crippen molar-refractivity contribution < 1.29 is 9.59 Å². The van der Waals surface area contributed by atoms with Gasteiger partial charge in [-0.25, -0.2) is 0 Å². The van der Waals surface area contributed by atoms with Gasteiger partial charge in [-0.15, -0.1) is 0 Å². The van der Waals surface area contributed by atoms with Gasteiger partial charge in [0.25, 0.3) is 0 Å². The zero-order chi connectivity index (χ0) is 15.1. The van der Waals surface area contributed by atoms with Gasteiger partial charge in [-0.05, 0) is 37.7 Å². The van der Waals surface area contributed by atoms with Crippen molar-refractivity contribution in [1.29, 1.82) is 0 Å². The van der Waals surface area contributed by atoms with Gasteiger partial charge in [0.15, 0.2) is 0 Å². The number of carbonyl (C=O) groups excluding carboxylic acids is 2. The summed E-state index contributed by atoms with van der Waals surface area (Å²) < 4.78 is 0. The average molecular weight is 300 g/mol. The van der Waals surface area contributed by atoms with Gasteiger partial charge < -0.3 is 10.2 Å². The van der Waals surface area contributed by atoms with Crippen LogP contribution in [-0.4, -0.2) is 47.4 Å². The van der Waals surface area contributed by atoms with Crippen molar-refractivity contribution >= 4 is 23.6 Å². The van der Waals surface area contributed by atoms with E-state index in [4.69, 9.17) is 0 Å². The van der Waals surface area contributed by atoms with Crippen LogP contribution < -0.4 is 5.32 Å². The van der Waals surface area contributed by atoms with Crippen molar-refractivity contribution in [3.63, 3.8) is 0 Å². The second kappa shape index (κ2) is 8.55. The molecular weight excluding hydrogens is 272 g/mol. The van der Waals surface area contributed by atoms with E-state index in [9.17, 15) is 9.59 Å². The molecule has 1 fully saturated rings. The van der Waals surface area contributed by atoms with Crippen LogP contribution in [0.3, 0.4) is 0 Å². The van der Waals surface area contributed by atoms with Crippen LogP contribution in [0.1, 0.15) is 46.5 Å². The Hall–Kier alpha value is -0.710. The maximum absolute atomic E-state index is 12.4. The van der Waals surface area contributed by atoms with Gasteiger partial charge >= 0.3 is 0 Å². The van der Waals surface area contributed by atoms with Gasteiger partial charge in [0, 0.05) is 6.54 Å². The van der Waals surface area contributed by atoms with Crippen LogP contribution in [0.5, 0.6) is 0 Å². The molecule has 0 radical (unpaired) electrons. The number of amides is 2. The quantitative estimate of drug-likeness (QED) is 0.700. The third-order valence-electron chi connectivity index (χ3n) is 3.86. The molecule has 2 amide bonds. The van der Waals surface area contributed by atoms with Crippen LogP contribution in [0.15, 0.2) is 0 Å².